The molecule has 0 fully saturated rings. The molecule has 0 atom stereocenters. The Kier molecular flexibility index (Phi) is 8.02. The molecule has 0 radical (unpaired) electrons. The van der Waals surface area contributed by atoms with E-state index in [0.29, 0.717) is 0 Å². The number of unbranched alkanes of at least 4 members (excludes halogenated alkanes) is 1. The van der Waals surface area contributed by atoms with E-state index < -0.39 is 0 Å². The van der Waals surface area contributed by atoms with Crippen LogP contribution in [0, 0.1) is 13.8 Å². The smallest absolute Gasteiger partial charge is 0.240 e. The van der Waals surface area contributed by atoms with Gasteiger partial charge in [-0.05, 0) is 50.8 Å². The molecule has 0 aliphatic carbocycles. The van der Waals surface area contributed by atoms with Gasteiger partial charge >= 0.3 is 0 Å². The molecule has 0 spiro atoms. The number of hydrazone groups is 1. The summed E-state index contributed by atoms with van der Waals surface area (Å²) in [5.74, 6) is -0.405. The van der Waals surface area contributed by atoms with Crippen LogP contribution in [0.4, 0.5) is 5.69 Å². The average molecular weight is 317 g/mol. The van der Waals surface area contributed by atoms with Crippen LogP contribution in [0.2, 0.25) is 0 Å². The zero-order valence-electron chi connectivity index (χ0n) is 14.5. The lowest BCUT2D eigenvalue weighted by molar-refractivity contribution is -0.124. The molecule has 0 heterocycles. The highest BCUT2D eigenvalue weighted by Gasteiger charge is 2.08. The Hall–Kier alpha value is -2.17. The van der Waals surface area contributed by atoms with Crippen molar-refractivity contribution in [2.45, 2.75) is 59.8 Å². The van der Waals surface area contributed by atoms with E-state index >= 15 is 0 Å². The van der Waals surface area contributed by atoms with E-state index in [0.717, 1.165) is 41.8 Å². The van der Waals surface area contributed by atoms with Crippen molar-refractivity contribution in [3.8, 4) is 0 Å². The number of nitrogens with zero attached hydrogens (tertiary/aromatic N) is 1. The molecule has 23 heavy (non-hydrogen) atoms. The van der Waals surface area contributed by atoms with E-state index in [9.17, 15) is 9.59 Å². The molecule has 2 amide bonds. The Morgan fingerprint density at radius 3 is 2.48 bits per heavy atom. The van der Waals surface area contributed by atoms with Crippen molar-refractivity contribution < 1.29 is 9.59 Å². The molecule has 1 aromatic rings. The Morgan fingerprint density at radius 2 is 1.78 bits per heavy atom. The van der Waals surface area contributed by atoms with Crippen molar-refractivity contribution in [1.29, 1.82) is 0 Å². The van der Waals surface area contributed by atoms with Crippen molar-refractivity contribution >= 4 is 23.2 Å². The maximum absolute atomic E-state index is 11.9. The van der Waals surface area contributed by atoms with E-state index in [1.165, 1.54) is 0 Å². The van der Waals surface area contributed by atoms with Crippen LogP contribution >= 0.6 is 0 Å². The molecule has 5 nitrogen and oxygen atoms in total. The van der Waals surface area contributed by atoms with Crippen LogP contribution in [0.3, 0.4) is 0 Å². The summed E-state index contributed by atoms with van der Waals surface area (Å²) in [5.41, 5.74) is 6.29. The summed E-state index contributed by atoms with van der Waals surface area (Å²) in [6.07, 6.45) is 3.30. The predicted octanol–water partition coefficient (Wildman–Crippen LogP) is 3.70. The molecule has 0 aromatic heterocycles. The third-order valence-electron chi connectivity index (χ3n) is 3.51. The zero-order chi connectivity index (χ0) is 17.2. The Balaban J connectivity index is 2.38. The van der Waals surface area contributed by atoms with Gasteiger partial charge in [0, 0.05) is 24.2 Å². The van der Waals surface area contributed by atoms with Crippen LogP contribution in [0.1, 0.15) is 57.1 Å². The van der Waals surface area contributed by atoms with Gasteiger partial charge in [0.15, 0.2) is 0 Å². The third-order valence-corrected chi connectivity index (χ3v) is 3.51. The molecular weight excluding hydrogens is 290 g/mol. The number of hydrogen-bond donors (Lipinski definition) is 2. The number of rotatable bonds is 8. The molecule has 1 rings (SSSR count). The number of benzene rings is 1. The Bertz CT molecular complexity index is 580. The standard InChI is InChI=1S/C18H27N3O2/c1-5-6-7-15(4)20-21-18(23)11-10-17(22)19-16-12-13(2)8-9-14(16)3/h8-9,12H,5-7,10-11H2,1-4H3,(H,19,22)(H,21,23). The summed E-state index contributed by atoms with van der Waals surface area (Å²) in [4.78, 5) is 23.6. The second-order valence-corrected chi connectivity index (χ2v) is 5.85. The van der Waals surface area contributed by atoms with Gasteiger partial charge < -0.3 is 5.32 Å². The first kappa shape index (κ1) is 18.9. The van der Waals surface area contributed by atoms with Gasteiger partial charge in [-0.2, -0.15) is 5.10 Å². The monoisotopic (exact) mass is 317 g/mol. The number of aryl methyl sites for hydroxylation is 2. The van der Waals surface area contributed by atoms with Crippen LogP contribution in [0.15, 0.2) is 23.3 Å². The quantitative estimate of drug-likeness (QED) is 0.567. The number of carbonyl (C=O) groups excluding carboxylic acids is 2. The summed E-state index contributed by atoms with van der Waals surface area (Å²) >= 11 is 0. The first-order valence-electron chi connectivity index (χ1n) is 8.11. The van der Waals surface area contributed by atoms with E-state index in [-0.39, 0.29) is 24.7 Å². The van der Waals surface area contributed by atoms with Crippen LogP contribution in [-0.4, -0.2) is 17.5 Å². The van der Waals surface area contributed by atoms with E-state index in [2.05, 4.69) is 22.8 Å². The molecule has 0 aliphatic heterocycles. The second kappa shape index (κ2) is 9.77. The molecule has 0 saturated heterocycles. The van der Waals surface area contributed by atoms with Crippen molar-refractivity contribution in [1.82, 2.24) is 5.43 Å². The fourth-order valence-electron chi connectivity index (χ4n) is 2.01. The molecule has 0 bridgehead atoms. The highest BCUT2D eigenvalue weighted by atomic mass is 16.2. The van der Waals surface area contributed by atoms with E-state index in [4.69, 9.17) is 0 Å². The maximum Gasteiger partial charge on any atom is 0.240 e. The van der Waals surface area contributed by atoms with Gasteiger partial charge in [0.25, 0.3) is 0 Å². The summed E-state index contributed by atoms with van der Waals surface area (Å²) in [6.45, 7) is 7.92. The van der Waals surface area contributed by atoms with Gasteiger partial charge in [-0.25, -0.2) is 5.43 Å². The van der Waals surface area contributed by atoms with Crippen molar-refractivity contribution in [3.63, 3.8) is 0 Å². The summed E-state index contributed by atoms with van der Waals surface area (Å²) in [7, 11) is 0. The van der Waals surface area contributed by atoms with Gasteiger partial charge in [0.05, 0.1) is 0 Å². The summed E-state index contributed by atoms with van der Waals surface area (Å²) in [5, 5.41) is 6.88. The first-order chi connectivity index (χ1) is 10.9. The van der Waals surface area contributed by atoms with Crippen LogP contribution in [0.5, 0.6) is 0 Å². The van der Waals surface area contributed by atoms with Crippen LogP contribution in [0.25, 0.3) is 0 Å². The topological polar surface area (TPSA) is 70.6 Å². The predicted molar refractivity (Wildman–Crippen MR) is 94.6 cm³/mol. The van der Waals surface area contributed by atoms with Gasteiger partial charge in [0.2, 0.25) is 11.8 Å². The number of anilines is 1. The van der Waals surface area contributed by atoms with Crippen LogP contribution in [-0.2, 0) is 9.59 Å². The van der Waals surface area contributed by atoms with Crippen molar-refractivity contribution in [3.05, 3.63) is 29.3 Å². The number of nitrogens with one attached hydrogen (secondary N) is 2. The molecule has 1 aromatic carbocycles. The molecule has 0 saturated carbocycles. The summed E-state index contributed by atoms with van der Waals surface area (Å²) in [6, 6.07) is 5.89. The minimum Gasteiger partial charge on any atom is -0.326 e. The van der Waals surface area contributed by atoms with Gasteiger partial charge in [-0.1, -0.05) is 25.5 Å². The van der Waals surface area contributed by atoms with E-state index in [1.807, 2.05) is 39.0 Å². The molecule has 0 aliphatic rings. The lowest BCUT2D eigenvalue weighted by Crippen LogP contribution is -2.21. The fourth-order valence-corrected chi connectivity index (χ4v) is 2.01. The van der Waals surface area contributed by atoms with Gasteiger partial charge in [0.1, 0.15) is 0 Å². The summed E-state index contributed by atoms with van der Waals surface area (Å²) < 4.78 is 0. The zero-order valence-corrected chi connectivity index (χ0v) is 14.5. The van der Waals surface area contributed by atoms with Crippen LogP contribution < -0.4 is 10.7 Å². The molecule has 126 valence electrons. The lowest BCUT2D eigenvalue weighted by atomic mass is 10.1. The number of carbonyl (C=O) groups is 2. The SMILES string of the molecule is CCCCC(C)=NNC(=O)CCC(=O)Nc1cc(C)ccc1C. The second-order valence-electron chi connectivity index (χ2n) is 5.85. The maximum atomic E-state index is 11.9. The molecular formula is C18H27N3O2. The lowest BCUT2D eigenvalue weighted by Gasteiger charge is -2.09. The third kappa shape index (κ3) is 7.58. The minimum absolute atomic E-state index is 0.126. The molecule has 0 unspecified atom stereocenters. The Morgan fingerprint density at radius 1 is 1.09 bits per heavy atom. The number of amides is 2. The molecule has 2 N–H and O–H groups in total. The van der Waals surface area contributed by atoms with Gasteiger partial charge in [-0.15, -0.1) is 0 Å². The van der Waals surface area contributed by atoms with Crippen molar-refractivity contribution in [2.75, 3.05) is 5.32 Å². The normalized spacial score (nSPS) is 11.2. The Labute approximate surface area is 138 Å². The fraction of sp³-hybridized carbons (Fsp3) is 0.500. The number of hydrogen-bond acceptors (Lipinski definition) is 3. The average Bonchev–Trinajstić information content (AvgIpc) is 2.52. The highest BCUT2D eigenvalue weighted by molar-refractivity contribution is 5.94. The highest BCUT2D eigenvalue weighted by Crippen LogP contribution is 2.16. The largest absolute Gasteiger partial charge is 0.326 e. The van der Waals surface area contributed by atoms with E-state index in [1.54, 1.807) is 0 Å². The van der Waals surface area contributed by atoms with Crippen molar-refractivity contribution in [2.24, 2.45) is 5.10 Å². The minimum atomic E-state index is -0.239. The molecule has 5 heteroatoms. The first-order valence-corrected chi connectivity index (χ1v) is 8.11. The van der Waals surface area contributed by atoms with Gasteiger partial charge in [-0.3, -0.25) is 9.59 Å².